The number of halogens is 1. The second-order valence-corrected chi connectivity index (χ2v) is 6.34. The Morgan fingerprint density at radius 3 is 2.88 bits per heavy atom. The van der Waals surface area contributed by atoms with Crippen LogP contribution in [0.15, 0.2) is 46.9 Å². The van der Waals surface area contributed by atoms with Crippen LogP contribution in [-0.4, -0.2) is 22.3 Å². The van der Waals surface area contributed by atoms with E-state index in [0.29, 0.717) is 16.0 Å². The van der Waals surface area contributed by atoms with Crippen molar-refractivity contribution in [2.45, 2.75) is 0 Å². The number of ether oxygens (including phenoxy) is 1. The van der Waals surface area contributed by atoms with Gasteiger partial charge in [0.2, 0.25) is 5.89 Å². The molecule has 2 heterocycles. The van der Waals surface area contributed by atoms with Crippen molar-refractivity contribution in [1.29, 1.82) is 0 Å². The van der Waals surface area contributed by atoms with E-state index in [1.165, 1.54) is 11.3 Å². The van der Waals surface area contributed by atoms with Gasteiger partial charge in [-0.05, 0) is 30.3 Å². The highest BCUT2D eigenvalue weighted by atomic mass is 35.5. The maximum Gasteiger partial charge on any atom is 0.322 e. The third-order valence-electron chi connectivity index (χ3n) is 3.31. The lowest BCUT2D eigenvalue weighted by molar-refractivity contribution is 0.419. The minimum Gasteiger partial charge on any atom is -0.494 e. The van der Waals surface area contributed by atoms with E-state index in [4.69, 9.17) is 20.8 Å². The van der Waals surface area contributed by atoms with Crippen molar-refractivity contribution in [3.63, 3.8) is 0 Å². The highest BCUT2D eigenvalue weighted by Gasteiger charge is 2.13. The number of nitrogens with zero attached hydrogens (tertiary/aromatic N) is 3. The molecule has 0 saturated heterocycles. The zero-order valence-corrected chi connectivity index (χ0v) is 14.1. The third kappa shape index (κ3) is 2.79. The molecule has 0 aliphatic rings. The lowest BCUT2D eigenvalue weighted by Crippen LogP contribution is -1.89. The van der Waals surface area contributed by atoms with Crippen molar-refractivity contribution in [3.05, 3.63) is 47.5 Å². The van der Waals surface area contributed by atoms with E-state index in [1.54, 1.807) is 19.2 Å². The van der Waals surface area contributed by atoms with E-state index in [1.807, 2.05) is 30.3 Å². The van der Waals surface area contributed by atoms with E-state index in [-0.39, 0.29) is 6.01 Å². The fraction of sp³-hybridized carbons (Fsp3) is 0.0625. The molecule has 0 fully saturated rings. The number of aromatic nitrogens is 3. The van der Waals surface area contributed by atoms with E-state index >= 15 is 0 Å². The second-order valence-electron chi connectivity index (χ2n) is 4.87. The Labute approximate surface area is 146 Å². The molecule has 2 aromatic heterocycles. The Hall–Kier alpha value is -2.64. The Morgan fingerprint density at radius 2 is 2.04 bits per heavy atom. The summed E-state index contributed by atoms with van der Waals surface area (Å²) in [5.74, 6) is 1.11. The third-order valence-corrected chi connectivity index (χ3v) is 4.48. The number of nitrogens with one attached hydrogen (secondary N) is 1. The van der Waals surface area contributed by atoms with Gasteiger partial charge >= 0.3 is 6.01 Å². The van der Waals surface area contributed by atoms with Gasteiger partial charge in [-0.15, -0.1) is 5.10 Å². The summed E-state index contributed by atoms with van der Waals surface area (Å²) < 4.78 is 11.9. The van der Waals surface area contributed by atoms with E-state index < -0.39 is 0 Å². The number of hydrogen-bond donors (Lipinski definition) is 1. The molecule has 0 atom stereocenters. The van der Waals surface area contributed by atoms with Gasteiger partial charge in [-0.2, -0.15) is 0 Å². The topological polar surface area (TPSA) is 73.1 Å². The molecule has 0 spiro atoms. The Kier molecular flexibility index (Phi) is 3.79. The summed E-state index contributed by atoms with van der Waals surface area (Å²) >= 11 is 7.46. The summed E-state index contributed by atoms with van der Waals surface area (Å²) in [5, 5.41) is 12.3. The summed E-state index contributed by atoms with van der Waals surface area (Å²) in [7, 11) is 1.62. The minimum atomic E-state index is 0.267. The SMILES string of the molecule is COc1cccc2sc(Nc3nnc(-c4cccc(Cl)c4)o3)nc12. The van der Waals surface area contributed by atoms with Crippen LogP contribution in [0, 0.1) is 0 Å². The number of hydrogen-bond acceptors (Lipinski definition) is 7. The van der Waals surface area contributed by atoms with Gasteiger partial charge in [0.25, 0.3) is 0 Å². The largest absolute Gasteiger partial charge is 0.494 e. The smallest absolute Gasteiger partial charge is 0.322 e. The van der Waals surface area contributed by atoms with Crippen LogP contribution < -0.4 is 10.1 Å². The van der Waals surface area contributed by atoms with Crippen LogP contribution in [0.2, 0.25) is 5.02 Å². The van der Waals surface area contributed by atoms with Crippen LogP contribution in [-0.2, 0) is 0 Å². The highest BCUT2D eigenvalue weighted by Crippen LogP contribution is 2.33. The number of para-hydroxylation sites is 1. The average Bonchev–Trinajstić information content (AvgIpc) is 3.21. The van der Waals surface area contributed by atoms with Crippen LogP contribution in [0.4, 0.5) is 11.1 Å². The van der Waals surface area contributed by atoms with Gasteiger partial charge in [0.05, 0.1) is 11.8 Å². The van der Waals surface area contributed by atoms with Gasteiger partial charge < -0.3 is 9.15 Å². The quantitative estimate of drug-likeness (QED) is 0.567. The number of benzene rings is 2. The summed E-state index contributed by atoms with van der Waals surface area (Å²) in [5.41, 5.74) is 1.55. The first-order valence-electron chi connectivity index (χ1n) is 7.03. The molecule has 0 amide bonds. The zero-order valence-electron chi connectivity index (χ0n) is 12.5. The van der Waals surface area contributed by atoms with Gasteiger partial charge in [-0.3, -0.25) is 5.32 Å². The van der Waals surface area contributed by atoms with Crippen LogP contribution in [0.3, 0.4) is 0 Å². The molecule has 2 aromatic carbocycles. The van der Waals surface area contributed by atoms with E-state index in [9.17, 15) is 0 Å². The number of fused-ring (bicyclic) bond motifs is 1. The van der Waals surface area contributed by atoms with Gasteiger partial charge in [0, 0.05) is 10.6 Å². The zero-order chi connectivity index (χ0) is 16.5. The standard InChI is InChI=1S/C16H11ClN4O2S/c1-22-11-6-3-7-12-13(11)18-16(24-12)19-15-21-20-14(23-15)9-4-2-5-10(17)8-9/h2-8H,1H3,(H,18,19,21). The molecule has 8 heteroatoms. The Bertz CT molecular complexity index is 1010. The van der Waals surface area contributed by atoms with E-state index in [0.717, 1.165) is 21.5 Å². The Morgan fingerprint density at radius 1 is 1.17 bits per heavy atom. The van der Waals surface area contributed by atoms with Crippen molar-refractivity contribution < 1.29 is 9.15 Å². The molecule has 120 valence electrons. The summed E-state index contributed by atoms with van der Waals surface area (Å²) in [4.78, 5) is 4.51. The van der Waals surface area contributed by atoms with Gasteiger partial charge in [-0.25, -0.2) is 4.98 Å². The first-order chi connectivity index (χ1) is 11.7. The second kappa shape index (κ2) is 6.10. The molecule has 0 aliphatic heterocycles. The number of methoxy groups -OCH3 is 1. The normalized spacial score (nSPS) is 10.9. The summed E-state index contributed by atoms with van der Waals surface area (Å²) in [6.07, 6.45) is 0. The number of thiazole rings is 1. The first-order valence-corrected chi connectivity index (χ1v) is 8.22. The molecule has 1 N–H and O–H groups in total. The van der Waals surface area contributed by atoms with Crippen molar-refractivity contribution in [2.75, 3.05) is 12.4 Å². The molecule has 24 heavy (non-hydrogen) atoms. The molecule has 4 aromatic rings. The maximum atomic E-state index is 5.98. The van der Waals surface area contributed by atoms with Crippen molar-refractivity contribution >= 4 is 44.3 Å². The maximum absolute atomic E-state index is 5.98. The number of anilines is 2. The number of rotatable bonds is 4. The highest BCUT2D eigenvalue weighted by molar-refractivity contribution is 7.22. The average molecular weight is 359 g/mol. The molecule has 0 radical (unpaired) electrons. The van der Waals surface area contributed by atoms with Crippen LogP contribution in [0.25, 0.3) is 21.7 Å². The van der Waals surface area contributed by atoms with Gasteiger partial charge in [-0.1, -0.05) is 40.2 Å². The van der Waals surface area contributed by atoms with Gasteiger partial charge in [0.15, 0.2) is 5.13 Å². The minimum absolute atomic E-state index is 0.267. The van der Waals surface area contributed by atoms with Crippen molar-refractivity contribution in [2.24, 2.45) is 0 Å². The lowest BCUT2D eigenvalue weighted by Gasteiger charge is -1.98. The van der Waals surface area contributed by atoms with Crippen LogP contribution in [0.1, 0.15) is 0 Å². The van der Waals surface area contributed by atoms with Crippen molar-refractivity contribution in [3.8, 4) is 17.2 Å². The van der Waals surface area contributed by atoms with Crippen LogP contribution >= 0.6 is 22.9 Å². The Balaban J connectivity index is 1.62. The molecular weight excluding hydrogens is 348 g/mol. The molecule has 0 aliphatic carbocycles. The summed E-state index contributed by atoms with van der Waals surface area (Å²) in [6.45, 7) is 0. The monoisotopic (exact) mass is 358 g/mol. The molecular formula is C16H11ClN4O2S. The molecule has 6 nitrogen and oxygen atoms in total. The molecule has 4 rings (SSSR count). The lowest BCUT2D eigenvalue weighted by atomic mass is 10.2. The predicted molar refractivity (Wildman–Crippen MR) is 94.2 cm³/mol. The molecule has 0 unspecified atom stereocenters. The van der Waals surface area contributed by atoms with Crippen LogP contribution in [0.5, 0.6) is 5.75 Å². The van der Waals surface area contributed by atoms with Gasteiger partial charge in [0.1, 0.15) is 11.3 Å². The fourth-order valence-electron chi connectivity index (χ4n) is 2.24. The predicted octanol–water partition coefficient (Wildman–Crippen LogP) is 4.75. The molecule has 0 saturated carbocycles. The fourth-order valence-corrected chi connectivity index (χ4v) is 3.31. The molecule has 0 bridgehead atoms. The summed E-state index contributed by atoms with van der Waals surface area (Å²) in [6, 6.07) is 13.3. The van der Waals surface area contributed by atoms with Crippen molar-refractivity contribution in [1.82, 2.24) is 15.2 Å². The van der Waals surface area contributed by atoms with E-state index in [2.05, 4.69) is 20.5 Å². The first kappa shape index (κ1) is 14.9.